The fraction of sp³-hybridized carbons (Fsp3) is 0.423. The third-order valence-electron chi connectivity index (χ3n) is 6.67. The normalized spacial score (nSPS) is 18.2. The molecule has 4 nitrogen and oxygen atoms in total. The van der Waals surface area contributed by atoms with Crippen LogP contribution >= 0.6 is 7.52 Å². The average molecular weight is 439 g/mol. The van der Waals surface area contributed by atoms with Gasteiger partial charge in [0.25, 0.3) is 0 Å². The topological polar surface area (TPSA) is 44.1 Å². The fourth-order valence-electron chi connectivity index (χ4n) is 4.19. The van der Waals surface area contributed by atoms with Crippen molar-refractivity contribution in [3.05, 3.63) is 65.5 Å². The van der Waals surface area contributed by atoms with Crippen molar-refractivity contribution in [1.29, 1.82) is 0 Å². The molecule has 0 fully saturated rings. The van der Waals surface area contributed by atoms with Crippen molar-refractivity contribution in [3.8, 4) is 17.1 Å². The Hall–Kier alpha value is -2.32. The molecule has 2 unspecified atom stereocenters. The smallest absolute Gasteiger partial charge is 0.379 e. The van der Waals surface area contributed by atoms with E-state index in [1.54, 1.807) is 0 Å². The summed E-state index contributed by atoms with van der Waals surface area (Å²) in [6, 6.07) is 15.6. The van der Waals surface area contributed by atoms with Gasteiger partial charge in [-0.3, -0.25) is 0 Å². The summed E-state index contributed by atoms with van der Waals surface area (Å²) in [5.41, 5.74) is 3.85. The van der Waals surface area contributed by atoms with E-state index in [1.165, 1.54) is 5.56 Å². The van der Waals surface area contributed by atoms with Crippen LogP contribution in [0.4, 0.5) is 0 Å². The van der Waals surface area contributed by atoms with Crippen LogP contribution in [-0.2, 0) is 9.98 Å². The van der Waals surface area contributed by atoms with E-state index in [2.05, 4.69) is 33.8 Å². The molecule has 0 radical (unpaired) electrons. The zero-order chi connectivity index (χ0) is 23.0. The molecule has 2 atom stereocenters. The summed E-state index contributed by atoms with van der Waals surface area (Å²) >= 11 is 0. The first kappa shape index (κ1) is 23.3. The monoisotopic (exact) mass is 438 g/mol. The highest BCUT2D eigenvalue weighted by Crippen LogP contribution is 2.59. The van der Waals surface area contributed by atoms with Gasteiger partial charge in [-0.2, -0.15) is 0 Å². The molecule has 1 aliphatic heterocycles. The average Bonchev–Trinajstić information content (AvgIpc) is 3.09. The largest absolute Gasteiger partial charge is 0.425 e. The third kappa shape index (κ3) is 3.65. The lowest BCUT2D eigenvalue weighted by molar-refractivity contribution is 0.334. The number of imidazole rings is 1. The Labute approximate surface area is 187 Å². The van der Waals surface area contributed by atoms with Crippen LogP contribution in [-0.4, -0.2) is 9.32 Å². The van der Waals surface area contributed by atoms with Gasteiger partial charge in [0, 0.05) is 5.69 Å². The van der Waals surface area contributed by atoms with Gasteiger partial charge in [-0.25, -0.2) is 13.9 Å². The maximum absolute atomic E-state index is 14.3. The summed E-state index contributed by atoms with van der Waals surface area (Å²) in [7, 11) is -3.35. The molecule has 0 saturated carbocycles. The van der Waals surface area contributed by atoms with Gasteiger partial charge in [-0.15, -0.1) is 0 Å². The highest BCUT2D eigenvalue weighted by Gasteiger charge is 2.43. The van der Waals surface area contributed by atoms with Crippen molar-refractivity contribution in [2.75, 3.05) is 0 Å². The van der Waals surface area contributed by atoms with Gasteiger partial charge in [0.2, 0.25) is 0 Å². The van der Waals surface area contributed by atoms with Crippen molar-refractivity contribution in [2.45, 2.75) is 67.2 Å². The Morgan fingerprint density at radius 2 is 1.71 bits per heavy atom. The van der Waals surface area contributed by atoms with Gasteiger partial charge in [0.1, 0.15) is 5.75 Å². The lowest BCUT2D eigenvalue weighted by atomic mass is 9.71. The summed E-state index contributed by atoms with van der Waals surface area (Å²) in [4.78, 5) is 4.88. The van der Waals surface area contributed by atoms with E-state index >= 15 is 0 Å². The number of nitrogens with zero attached hydrogens (tertiary/aromatic N) is 2. The van der Waals surface area contributed by atoms with E-state index < -0.39 is 7.52 Å². The lowest BCUT2D eigenvalue weighted by Crippen LogP contribution is -2.29. The number of rotatable bonds is 4. The molecule has 166 valence electrons. The summed E-state index contributed by atoms with van der Waals surface area (Å²) < 4.78 is 22.5. The van der Waals surface area contributed by atoms with Crippen LogP contribution in [0.5, 0.6) is 5.75 Å². The number of benzene rings is 2. The van der Waals surface area contributed by atoms with E-state index in [9.17, 15) is 4.57 Å². The van der Waals surface area contributed by atoms with Crippen molar-refractivity contribution in [2.24, 2.45) is 5.92 Å². The first-order valence-corrected chi connectivity index (χ1v) is 12.9. The fourth-order valence-corrected chi connectivity index (χ4v) is 6.51. The van der Waals surface area contributed by atoms with Gasteiger partial charge in [-0.1, -0.05) is 78.3 Å². The minimum Gasteiger partial charge on any atom is -0.425 e. The maximum atomic E-state index is 14.3. The van der Waals surface area contributed by atoms with E-state index in [-0.39, 0.29) is 5.41 Å². The zero-order valence-corrected chi connectivity index (χ0v) is 21.0. The molecule has 0 saturated heterocycles. The first-order chi connectivity index (χ1) is 14.7. The number of hydrogen-bond acceptors (Lipinski definition) is 3. The predicted octanol–water partition coefficient (Wildman–Crippen LogP) is 7.28. The summed E-state index contributed by atoms with van der Waals surface area (Å²) in [5.74, 6) is 1.88. The molecule has 1 aliphatic rings. The molecular weight excluding hydrogens is 403 g/mol. The molecule has 0 amide bonds. The van der Waals surface area contributed by atoms with Crippen LogP contribution in [0, 0.1) is 19.8 Å². The maximum Gasteiger partial charge on any atom is 0.379 e. The highest BCUT2D eigenvalue weighted by atomic mass is 31.2. The molecule has 0 N–H and O–H groups in total. The SMILES string of the molecule is CC.CCC(C)C(C)(C)c1cccc2c1-c1nc(C)c(C)n1P(=O)(c1ccccc1)O2. The number of fused-ring (bicyclic) bond motifs is 3. The second-order valence-electron chi connectivity index (χ2n) is 8.57. The summed E-state index contributed by atoms with van der Waals surface area (Å²) in [6.07, 6.45) is 1.08. The van der Waals surface area contributed by atoms with Crippen LogP contribution in [0.1, 0.15) is 64.9 Å². The Balaban J connectivity index is 0.00000132. The zero-order valence-electron chi connectivity index (χ0n) is 20.1. The molecule has 31 heavy (non-hydrogen) atoms. The minimum absolute atomic E-state index is 0.0733. The van der Waals surface area contributed by atoms with E-state index in [0.717, 1.165) is 29.2 Å². The van der Waals surface area contributed by atoms with Crippen molar-refractivity contribution in [3.63, 3.8) is 0 Å². The van der Waals surface area contributed by atoms with Gasteiger partial charge in [-0.05, 0) is 48.9 Å². The Bertz CT molecular complexity index is 1120. The molecule has 0 bridgehead atoms. The van der Waals surface area contributed by atoms with Gasteiger partial charge < -0.3 is 4.52 Å². The number of aryl methyl sites for hydroxylation is 1. The molecule has 0 aliphatic carbocycles. The van der Waals surface area contributed by atoms with Crippen LogP contribution in [0.15, 0.2) is 48.5 Å². The number of hydrogen-bond donors (Lipinski definition) is 0. The molecule has 2 heterocycles. The van der Waals surface area contributed by atoms with Gasteiger partial charge >= 0.3 is 7.52 Å². The highest BCUT2D eigenvalue weighted by molar-refractivity contribution is 7.66. The van der Waals surface area contributed by atoms with E-state index in [4.69, 9.17) is 9.51 Å². The van der Waals surface area contributed by atoms with Crippen molar-refractivity contribution in [1.82, 2.24) is 9.32 Å². The number of aromatic nitrogens is 2. The van der Waals surface area contributed by atoms with Crippen LogP contribution in [0.25, 0.3) is 11.4 Å². The second kappa shape index (κ2) is 8.67. The molecule has 2 aromatic carbocycles. The van der Waals surface area contributed by atoms with Gasteiger partial charge in [0.05, 0.1) is 16.6 Å². The van der Waals surface area contributed by atoms with Crippen LogP contribution in [0.3, 0.4) is 0 Å². The van der Waals surface area contributed by atoms with E-state index in [0.29, 0.717) is 17.0 Å². The first-order valence-electron chi connectivity index (χ1n) is 11.3. The molecule has 0 spiro atoms. The standard InChI is InChI=1S/C24H29N2O2P.C2H6/c1-7-16(2)24(5,6)20-14-11-15-21-22(20)23-25-17(3)18(4)26(23)29(27,28-21)19-12-9-8-10-13-19;1-2/h8-16H,7H2,1-6H3;1-2H3. The lowest BCUT2D eigenvalue weighted by Gasteiger charge is -2.37. The molecular formula is C26H35N2O2P. The molecule has 4 rings (SSSR count). The summed E-state index contributed by atoms with van der Waals surface area (Å²) in [6.45, 7) is 17.0. The second-order valence-corrected chi connectivity index (χ2v) is 10.7. The summed E-state index contributed by atoms with van der Waals surface area (Å²) in [5, 5.41) is 0.680. The Kier molecular flexibility index (Phi) is 6.53. The van der Waals surface area contributed by atoms with Crippen molar-refractivity contribution < 1.29 is 9.09 Å². The third-order valence-corrected chi connectivity index (χ3v) is 9.08. The van der Waals surface area contributed by atoms with Crippen molar-refractivity contribution >= 4 is 12.8 Å². The molecule has 5 heteroatoms. The van der Waals surface area contributed by atoms with Gasteiger partial charge in [0.15, 0.2) is 5.82 Å². The Morgan fingerprint density at radius 3 is 2.32 bits per heavy atom. The molecule has 3 aromatic rings. The molecule has 1 aromatic heterocycles. The quantitative estimate of drug-likeness (QED) is 0.402. The minimum atomic E-state index is -3.35. The van der Waals surface area contributed by atoms with E-state index in [1.807, 2.05) is 74.5 Å². The van der Waals surface area contributed by atoms with Crippen LogP contribution < -0.4 is 9.83 Å². The van der Waals surface area contributed by atoms with Crippen LogP contribution in [0.2, 0.25) is 0 Å². The Morgan fingerprint density at radius 1 is 1.06 bits per heavy atom. The predicted molar refractivity (Wildman–Crippen MR) is 131 cm³/mol.